The minimum absolute atomic E-state index is 0.0104. The molecule has 1 aromatic heterocycles. The maximum atomic E-state index is 15.0. The fraction of sp³-hybridized carbons (Fsp3) is 0.484. The smallest absolute Gasteiger partial charge is 0.251 e. The predicted molar refractivity (Wildman–Crippen MR) is 151 cm³/mol. The van der Waals surface area contributed by atoms with Gasteiger partial charge in [0.05, 0.1) is 11.7 Å². The van der Waals surface area contributed by atoms with E-state index in [1.54, 1.807) is 13.3 Å². The highest BCUT2D eigenvalue weighted by atomic mass is 19.1. The first kappa shape index (κ1) is 30.7. The summed E-state index contributed by atoms with van der Waals surface area (Å²) < 4.78 is 51.3. The maximum Gasteiger partial charge on any atom is 0.251 e. The highest BCUT2D eigenvalue weighted by molar-refractivity contribution is 5.80. The van der Waals surface area contributed by atoms with Gasteiger partial charge in [0.15, 0.2) is 0 Å². The molecule has 2 N–H and O–H groups in total. The number of amides is 1. The molecule has 0 aliphatic carbocycles. The monoisotopic (exact) mass is 572 g/mol. The van der Waals surface area contributed by atoms with E-state index >= 15 is 0 Å². The van der Waals surface area contributed by atoms with Crippen LogP contribution in [0.4, 0.5) is 13.2 Å². The Morgan fingerprint density at radius 2 is 1.95 bits per heavy atom. The molecule has 4 atom stereocenters. The minimum Gasteiger partial charge on any atom is -0.385 e. The second kappa shape index (κ2) is 13.2. The van der Waals surface area contributed by atoms with Gasteiger partial charge in [0.1, 0.15) is 29.7 Å². The number of carbonyl (C=O) groups is 1. The summed E-state index contributed by atoms with van der Waals surface area (Å²) in [5, 5.41) is 13.5. The first-order chi connectivity index (χ1) is 19.5. The molecule has 222 valence electrons. The molecule has 2 heterocycles. The highest BCUT2D eigenvalue weighted by Crippen LogP contribution is 2.43. The van der Waals surface area contributed by atoms with Gasteiger partial charge in [-0.05, 0) is 42.5 Å². The quantitative estimate of drug-likeness (QED) is 0.328. The van der Waals surface area contributed by atoms with E-state index in [4.69, 9.17) is 9.72 Å². The van der Waals surface area contributed by atoms with E-state index in [9.17, 15) is 23.1 Å². The second-order valence-electron chi connectivity index (χ2n) is 11.5. The Labute approximate surface area is 239 Å². The number of alkyl halides is 1. The summed E-state index contributed by atoms with van der Waals surface area (Å²) in [5.74, 6) is -1.87. The summed E-state index contributed by atoms with van der Waals surface area (Å²) in [6.07, 6.45) is -0.356. The van der Waals surface area contributed by atoms with Gasteiger partial charge in [0.2, 0.25) is 0 Å². The van der Waals surface area contributed by atoms with E-state index in [2.05, 4.69) is 5.32 Å². The second-order valence-corrected chi connectivity index (χ2v) is 11.5. The van der Waals surface area contributed by atoms with E-state index in [1.165, 1.54) is 11.8 Å². The van der Waals surface area contributed by atoms with Crippen molar-refractivity contribution in [2.45, 2.75) is 52.1 Å². The van der Waals surface area contributed by atoms with Crippen LogP contribution in [0.2, 0.25) is 0 Å². The normalized spacial score (nSPS) is 18.8. The molecule has 1 amide bonds. The van der Waals surface area contributed by atoms with Crippen molar-refractivity contribution in [2.24, 2.45) is 11.3 Å². The number of aromatic nitrogens is 2. The van der Waals surface area contributed by atoms with E-state index in [-0.39, 0.29) is 24.3 Å². The molecule has 0 bridgehead atoms. The molecule has 0 radical (unpaired) electrons. The van der Waals surface area contributed by atoms with E-state index in [0.717, 1.165) is 23.8 Å². The van der Waals surface area contributed by atoms with Crippen molar-refractivity contribution >= 4 is 5.91 Å². The Morgan fingerprint density at radius 1 is 1.22 bits per heavy atom. The Bertz CT molecular complexity index is 1320. The molecule has 0 unspecified atom stereocenters. The van der Waals surface area contributed by atoms with Crippen molar-refractivity contribution in [3.63, 3.8) is 0 Å². The molecule has 0 spiro atoms. The molecule has 2 aromatic carbocycles. The number of benzene rings is 2. The van der Waals surface area contributed by atoms with Crippen molar-refractivity contribution in [1.82, 2.24) is 19.8 Å². The van der Waals surface area contributed by atoms with Crippen LogP contribution >= 0.6 is 0 Å². The Kier molecular flexibility index (Phi) is 9.88. The van der Waals surface area contributed by atoms with Crippen molar-refractivity contribution in [1.29, 1.82) is 0 Å². The third kappa shape index (κ3) is 7.17. The lowest BCUT2D eigenvalue weighted by Gasteiger charge is -2.43. The average Bonchev–Trinajstić information content (AvgIpc) is 3.54. The Hall–Kier alpha value is -3.21. The summed E-state index contributed by atoms with van der Waals surface area (Å²) in [4.78, 5) is 20.0. The van der Waals surface area contributed by atoms with E-state index in [0.29, 0.717) is 31.9 Å². The number of methoxy groups -OCH3 is 1. The zero-order chi connectivity index (χ0) is 29.7. The predicted octanol–water partition coefficient (Wildman–Crippen LogP) is 4.75. The van der Waals surface area contributed by atoms with Crippen LogP contribution in [0.15, 0.2) is 54.7 Å². The van der Waals surface area contributed by atoms with Gasteiger partial charge >= 0.3 is 0 Å². The van der Waals surface area contributed by atoms with Crippen LogP contribution in [-0.4, -0.2) is 71.1 Å². The third-order valence-electron chi connectivity index (χ3n) is 7.78. The van der Waals surface area contributed by atoms with Gasteiger partial charge in [0, 0.05) is 57.6 Å². The van der Waals surface area contributed by atoms with E-state index < -0.39 is 47.2 Å². The number of carbonyl (C=O) groups excluding carboxylic acids is 1. The number of aliphatic hydroxyl groups is 1. The molecule has 1 fully saturated rings. The van der Waals surface area contributed by atoms with Gasteiger partial charge < -0.3 is 24.6 Å². The summed E-state index contributed by atoms with van der Waals surface area (Å²) in [6, 6.07) is 12.0. The van der Waals surface area contributed by atoms with Crippen LogP contribution in [0, 0.1) is 23.0 Å². The van der Waals surface area contributed by atoms with Gasteiger partial charge in [-0.15, -0.1) is 0 Å². The van der Waals surface area contributed by atoms with Gasteiger partial charge in [-0.3, -0.25) is 4.79 Å². The number of ether oxygens (including phenoxy) is 1. The lowest BCUT2D eigenvalue weighted by Crippen LogP contribution is -2.50. The first-order valence-electron chi connectivity index (χ1n) is 13.9. The maximum absolute atomic E-state index is 15.0. The minimum atomic E-state index is -1.35. The molecule has 1 aliphatic heterocycles. The average molecular weight is 573 g/mol. The standard InChI is InChI=1S/C31H39F3N4O3/c1-20(39)30(40)38(18-22-15-35-16-26(22)34)28(31(2,3)12-13-41-4)29-36-27(24-14-23(32)10-11-25(24)33)19-37(29)17-21-8-6-5-7-9-21/h5-11,14,19-20,22,26,28,35,39H,12-13,15-18H2,1-4H3/t20-,22-,26-,28-/m0/s1. The van der Waals surface area contributed by atoms with Crippen LogP contribution in [0.3, 0.4) is 0 Å². The van der Waals surface area contributed by atoms with Crippen molar-refractivity contribution in [3.05, 3.63) is 77.8 Å². The van der Waals surface area contributed by atoms with Gasteiger partial charge in [0.25, 0.3) is 5.91 Å². The molecular weight excluding hydrogens is 533 g/mol. The van der Waals surface area contributed by atoms with E-state index in [1.807, 2.05) is 48.7 Å². The lowest BCUT2D eigenvalue weighted by atomic mass is 9.79. The molecular formula is C31H39F3N4O3. The van der Waals surface area contributed by atoms with Crippen LogP contribution in [0.5, 0.6) is 0 Å². The number of nitrogens with one attached hydrogen (secondary N) is 1. The van der Waals surface area contributed by atoms with Crippen LogP contribution in [0.1, 0.15) is 44.6 Å². The van der Waals surface area contributed by atoms with Gasteiger partial charge in [-0.1, -0.05) is 44.2 Å². The summed E-state index contributed by atoms with van der Waals surface area (Å²) in [7, 11) is 1.59. The largest absolute Gasteiger partial charge is 0.385 e. The summed E-state index contributed by atoms with van der Waals surface area (Å²) in [6.45, 7) is 6.63. The van der Waals surface area contributed by atoms with Crippen molar-refractivity contribution in [2.75, 3.05) is 33.4 Å². The zero-order valence-corrected chi connectivity index (χ0v) is 24.0. The number of hydrogen-bond donors (Lipinski definition) is 2. The zero-order valence-electron chi connectivity index (χ0n) is 24.0. The number of imidazole rings is 1. The molecule has 41 heavy (non-hydrogen) atoms. The SMILES string of the molecule is COCCC(C)(C)[C@H](c1nc(-c2cc(F)ccc2F)cn1Cc1ccccc1)N(C[C@@H]1CNC[C@@H]1F)C(=O)[C@H](C)O. The van der Waals surface area contributed by atoms with Gasteiger partial charge in [-0.2, -0.15) is 0 Å². The Morgan fingerprint density at radius 3 is 2.59 bits per heavy atom. The summed E-state index contributed by atoms with van der Waals surface area (Å²) >= 11 is 0. The fourth-order valence-electron chi connectivity index (χ4n) is 5.49. The molecule has 1 saturated heterocycles. The number of nitrogens with zero attached hydrogens (tertiary/aromatic N) is 3. The number of halogens is 3. The summed E-state index contributed by atoms with van der Waals surface area (Å²) in [5.41, 5.74) is 0.443. The Balaban J connectivity index is 1.92. The number of aliphatic hydroxyl groups excluding tert-OH is 1. The molecule has 1 aliphatic rings. The molecule has 7 nitrogen and oxygen atoms in total. The van der Waals surface area contributed by atoms with Crippen LogP contribution in [0.25, 0.3) is 11.3 Å². The van der Waals surface area contributed by atoms with Crippen molar-refractivity contribution < 1.29 is 27.8 Å². The molecule has 0 saturated carbocycles. The van der Waals surface area contributed by atoms with Crippen LogP contribution in [-0.2, 0) is 16.1 Å². The van der Waals surface area contributed by atoms with Crippen molar-refractivity contribution in [3.8, 4) is 11.3 Å². The highest BCUT2D eigenvalue weighted by Gasteiger charge is 2.44. The first-order valence-corrected chi connectivity index (χ1v) is 13.9. The number of hydrogen-bond acceptors (Lipinski definition) is 5. The molecule has 4 rings (SSSR count). The fourth-order valence-corrected chi connectivity index (χ4v) is 5.49. The molecule has 3 aromatic rings. The van der Waals surface area contributed by atoms with Crippen LogP contribution < -0.4 is 5.32 Å². The lowest BCUT2D eigenvalue weighted by molar-refractivity contribution is -0.146. The number of rotatable bonds is 12. The third-order valence-corrected chi connectivity index (χ3v) is 7.78. The van der Waals surface area contributed by atoms with Gasteiger partial charge in [-0.25, -0.2) is 18.2 Å². The molecule has 10 heteroatoms. The topological polar surface area (TPSA) is 79.6 Å².